The number of morpholine rings is 1. The number of hydrogen-bond acceptors (Lipinski definition) is 8. The highest BCUT2D eigenvalue weighted by Crippen LogP contribution is 2.31. The molecule has 10 nitrogen and oxygen atoms in total. The molecule has 1 aromatic heterocycles. The van der Waals surface area contributed by atoms with Crippen molar-refractivity contribution in [2.24, 2.45) is 5.73 Å². The molecule has 4 atom stereocenters. The van der Waals surface area contributed by atoms with Crippen LogP contribution in [0.15, 0.2) is 67.0 Å². The molecule has 2 amide bonds. The summed E-state index contributed by atoms with van der Waals surface area (Å²) in [5.41, 5.74) is 7.67. The van der Waals surface area contributed by atoms with Gasteiger partial charge < -0.3 is 35.9 Å². The summed E-state index contributed by atoms with van der Waals surface area (Å²) in [5, 5.41) is 7.29. The maximum absolute atomic E-state index is 15.0. The van der Waals surface area contributed by atoms with Crippen molar-refractivity contribution in [2.45, 2.75) is 49.5 Å². The lowest BCUT2D eigenvalue weighted by atomic mass is 9.85. The zero-order chi connectivity index (χ0) is 34.9. The molecule has 0 aliphatic carbocycles. The lowest BCUT2D eigenvalue weighted by molar-refractivity contribution is -0.274. The smallest absolute Gasteiger partial charge is 0.448 e. The van der Waals surface area contributed by atoms with E-state index >= 15 is 0 Å². The zero-order valence-electron chi connectivity index (χ0n) is 25.1. The number of alkyl carbamates (subject to hydrolysis) is 1. The molecule has 1 fully saturated rings. The predicted molar refractivity (Wildman–Crippen MR) is 157 cm³/mol. The van der Waals surface area contributed by atoms with Gasteiger partial charge in [-0.3, -0.25) is 9.78 Å². The molecular formula is C31H32F7N5O5. The van der Waals surface area contributed by atoms with Crippen LogP contribution in [-0.4, -0.2) is 74.0 Å². The number of carbonyl (C=O) groups is 2. The summed E-state index contributed by atoms with van der Waals surface area (Å²) < 4.78 is 104. The van der Waals surface area contributed by atoms with Crippen molar-refractivity contribution in [2.75, 3.05) is 31.6 Å². The summed E-state index contributed by atoms with van der Waals surface area (Å²) in [4.78, 5) is 28.8. The van der Waals surface area contributed by atoms with Gasteiger partial charge in [-0.25, -0.2) is 9.18 Å². The predicted octanol–water partition coefficient (Wildman–Crippen LogP) is 4.80. The molecule has 260 valence electrons. The first-order valence-electron chi connectivity index (χ1n) is 14.6. The third-order valence-corrected chi connectivity index (χ3v) is 7.29. The second-order valence-electron chi connectivity index (χ2n) is 10.8. The second-order valence-corrected chi connectivity index (χ2v) is 10.8. The summed E-state index contributed by atoms with van der Waals surface area (Å²) in [5.74, 6) is -2.64. The Balaban J connectivity index is 1.37. The van der Waals surface area contributed by atoms with Crippen LogP contribution in [0, 0.1) is 5.82 Å². The number of nitrogens with one attached hydrogen (secondary N) is 3. The van der Waals surface area contributed by atoms with E-state index in [1.807, 2.05) is 0 Å². The molecule has 0 radical (unpaired) electrons. The number of rotatable bonds is 12. The number of nitrogens with zero attached hydrogens (tertiary/aromatic N) is 1. The number of nitrogens with two attached hydrogens (primary N) is 1. The molecule has 0 spiro atoms. The first-order chi connectivity index (χ1) is 22.7. The quantitative estimate of drug-likeness (QED) is 0.200. The van der Waals surface area contributed by atoms with Crippen molar-refractivity contribution in [3.63, 3.8) is 0 Å². The molecule has 17 heteroatoms. The number of amides is 2. The van der Waals surface area contributed by atoms with Crippen molar-refractivity contribution in [3.8, 4) is 5.75 Å². The van der Waals surface area contributed by atoms with Crippen LogP contribution in [0.2, 0.25) is 0 Å². The fraction of sp³-hybridized carbons (Fsp3) is 0.387. The van der Waals surface area contributed by atoms with Gasteiger partial charge in [-0.1, -0.05) is 42.5 Å². The summed E-state index contributed by atoms with van der Waals surface area (Å²) in [6.45, 7) is -1.42. The molecule has 1 unspecified atom stereocenters. The average Bonchev–Trinajstić information content (AvgIpc) is 3.03. The van der Waals surface area contributed by atoms with Gasteiger partial charge in [0.25, 0.3) is 0 Å². The topological polar surface area (TPSA) is 137 Å². The number of anilines is 1. The summed E-state index contributed by atoms with van der Waals surface area (Å²) in [6.07, 6.45) is -8.43. The number of alkyl halides is 6. The van der Waals surface area contributed by atoms with Gasteiger partial charge >= 0.3 is 18.6 Å². The van der Waals surface area contributed by atoms with E-state index in [9.17, 15) is 40.3 Å². The molecule has 0 bridgehead atoms. The Morgan fingerprint density at radius 3 is 2.33 bits per heavy atom. The number of hydrogen-bond donors (Lipinski definition) is 4. The largest absolute Gasteiger partial charge is 0.573 e. The lowest BCUT2D eigenvalue weighted by Crippen LogP contribution is -2.49. The highest BCUT2D eigenvalue weighted by atomic mass is 19.4. The fourth-order valence-electron chi connectivity index (χ4n) is 5.00. The van der Waals surface area contributed by atoms with Crippen molar-refractivity contribution < 1.29 is 54.5 Å². The Kier molecular flexibility index (Phi) is 12.2. The van der Waals surface area contributed by atoms with Gasteiger partial charge in [-0.05, 0) is 36.1 Å². The molecule has 5 N–H and O–H groups in total. The third kappa shape index (κ3) is 11.1. The highest BCUT2D eigenvalue weighted by Gasteiger charge is 2.33. The maximum Gasteiger partial charge on any atom is 0.573 e. The molecule has 2 aromatic carbocycles. The molecule has 1 saturated heterocycles. The Hall–Kier alpha value is -4.48. The van der Waals surface area contributed by atoms with Crippen LogP contribution < -0.4 is 26.4 Å². The summed E-state index contributed by atoms with van der Waals surface area (Å²) >= 11 is 0. The van der Waals surface area contributed by atoms with Crippen LogP contribution in [0.5, 0.6) is 5.75 Å². The molecule has 4 rings (SSSR count). The maximum atomic E-state index is 15.0. The van der Waals surface area contributed by atoms with E-state index in [0.29, 0.717) is 17.5 Å². The molecule has 0 saturated carbocycles. The molecule has 3 aromatic rings. The Morgan fingerprint density at radius 2 is 1.71 bits per heavy atom. The number of pyridine rings is 1. The number of benzene rings is 2. The van der Waals surface area contributed by atoms with Gasteiger partial charge in [-0.2, -0.15) is 13.2 Å². The van der Waals surface area contributed by atoms with E-state index < -0.39 is 66.8 Å². The van der Waals surface area contributed by atoms with Gasteiger partial charge in [0.15, 0.2) is 0 Å². The van der Waals surface area contributed by atoms with Crippen LogP contribution in [0.1, 0.15) is 29.0 Å². The van der Waals surface area contributed by atoms with Gasteiger partial charge in [0.2, 0.25) is 5.91 Å². The Labute approximate surface area is 270 Å². The minimum absolute atomic E-state index is 0.0658. The summed E-state index contributed by atoms with van der Waals surface area (Å²) in [6, 6.07) is 11.8. The van der Waals surface area contributed by atoms with Gasteiger partial charge in [0.05, 0.1) is 42.9 Å². The van der Waals surface area contributed by atoms with Crippen molar-refractivity contribution in [1.82, 2.24) is 15.6 Å². The van der Waals surface area contributed by atoms with Crippen LogP contribution in [0.25, 0.3) is 0 Å². The fourth-order valence-corrected chi connectivity index (χ4v) is 5.00. The monoisotopic (exact) mass is 687 g/mol. The van der Waals surface area contributed by atoms with E-state index in [0.717, 1.165) is 18.3 Å². The number of ether oxygens (including phenoxy) is 3. The third-order valence-electron chi connectivity index (χ3n) is 7.29. The molecular weight excluding hydrogens is 655 g/mol. The van der Waals surface area contributed by atoms with Crippen LogP contribution in [-0.2, 0) is 20.7 Å². The van der Waals surface area contributed by atoms with E-state index in [2.05, 4.69) is 20.4 Å². The van der Waals surface area contributed by atoms with Crippen LogP contribution in [0.3, 0.4) is 0 Å². The van der Waals surface area contributed by atoms with E-state index in [-0.39, 0.29) is 37.4 Å². The Bertz CT molecular complexity index is 1500. The van der Waals surface area contributed by atoms with Crippen molar-refractivity contribution in [3.05, 3.63) is 89.5 Å². The number of aromatic nitrogens is 1. The average molecular weight is 688 g/mol. The standard InChI is InChI=1S/C31H32F7N5O5/c32-24-13-40-14-25(23(24)11-10-22-12-41-20(15-46-22)16-47-29(45)42-17-30(33,34)35)43-28(44)27(39)26(18-4-2-1-3-5-18)19-6-8-21(9-7-19)48-31(36,37)38/h1-9,13-14,20,22,26-27,41H,10-12,15-17,39H2,(H,42,45)(H,43,44)/t20-,22+,26?,27-/m0/s1. The minimum atomic E-state index is -4.88. The highest BCUT2D eigenvalue weighted by molar-refractivity contribution is 5.96. The van der Waals surface area contributed by atoms with Crippen molar-refractivity contribution in [1.29, 1.82) is 0 Å². The molecule has 48 heavy (non-hydrogen) atoms. The van der Waals surface area contributed by atoms with Crippen molar-refractivity contribution >= 4 is 17.7 Å². The molecule has 1 aliphatic rings. The first kappa shape index (κ1) is 36.4. The minimum Gasteiger partial charge on any atom is -0.448 e. The van der Waals surface area contributed by atoms with Gasteiger partial charge in [0, 0.05) is 18.0 Å². The zero-order valence-corrected chi connectivity index (χ0v) is 25.1. The molecule has 1 aliphatic heterocycles. The normalized spacial score (nSPS) is 18.0. The number of halogens is 7. The van der Waals surface area contributed by atoms with E-state index in [1.165, 1.54) is 18.3 Å². The molecule has 2 heterocycles. The van der Waals surface area contributed by atoms with Gasteiger partial charge in [0.1, 0.15) is 24.7 Å². The lowest BCUT2D eigenvalue weighted by Gasteiger charge is -2.30. The number of carbonyl (C=O) groups excluding carboxylic acids is 2. The summed E-state index contributed by atoms with van der Waals surface area (Å²) in [7, 11) is 0. The van der Waals surface area contributed by atoms with Gasteiger partial charge in [-0.15, -0.1) is 13.2 Å². The van der Waals surface area contributed by atoms with E-state index in [1.54, 1.807) is 35.6 Å². The second kappa shape index (κ2) is 16.1. The Morgan fingerprint density at radius 1 is 1.02 bits per heavy atom. The van der Waals surface area contributed by atoms with Crippen LogP contribution in [0.4, 0.5) is 41.2 Å². The van der Waals surface area contributed by atoms with Crippen LogP contribution >= 0.6 is 0 Å². The first-order valence-corrected chi connectivity index (χ1v) is 14.6. The SMILES string of the molecule is N[C@H](C(=O)Nc1cncc(F)c1CC[C@@H]1CN[C@H](COC(=O)NCC(F)(F)F)CO1)C(c1ccccc1)c1ccc(OC(F)(F)F)cc1. The van der Waals surface area contributed by atoms with E-state index in [4.69, 9.17) is 15.2 Å².